The first-order chi connectivity index (χ1) is 8.97. The molecular weight excluding hydrogens is 302 g/mol. The van der Waals surface area contributed by atoms with Crippen molar-refractivity contribution in [2.45, 2.75) is 59.1 Å². The molecule has 1 aromatic rings. The molecule has 1 atom stereocenters. The van der Waals surface area contributed by atoms with E-state index in [2.05, 4.69) is 53.7 Å². The molecule has 0 saturated carbocycles. The summed E-state index contributed by atoms with van der Waals surface area (Å²) in [5, 5.41) is 9.67. The molecule has 3 heteroatoms. The second-order valence-corrected chi connectivity index (χ2v) is 6.23. The molecule has 1 aromatic carbocycles. The topological polar surface area (TPSA) is 23.5 Å². The highest BCUT2D eigenvalue weighted by atomic mass is 79.9. The van der Waals surface area contributed by atoms with Gasteiger partial charge in [-0.15, -0.1) is 0 Å². The van der Waals surface area contributed by atoms with E-state index < -0.39 is 6.10 Å². The molecule has 0 aromatic heterocycles. The molecule has 0 aliphatic rings. The average Bonchev–Trinajstić information content (AvgIpc) is 2.33. The van der Waals surface area contributed by atoms with Gasteiger partial charge in [-0.2, -0.15) is 0 Å². The fraction of sp³-hybridized carbons (Fsp3) is 0.625. The predicted molar refractivity (Wildman–Crippen MR) is 86.8 cm³/mol. The number of hydrogen-bond acceptors (Lipinski definition) is 2. The molecule has 0 amide bonds. The molecule has 0 unspecified atom stereocenters. The average molecular weight is 328 g/mol. The lowest BCUT2D eigenvalue weighted by Gasteiger charge is -2.29. The first kappa shape index (κ1) is 16.5. The maximum absolute atomic E-state index is 9.67. The molecule has 0 aliphatic carbocycles. The van der Waals surface area contributed by atoms with E-state index in [0.29, 0.717) is 6.04 Å². The van der Waals surface area contributed by atoms with Crippen molar-refractivity contribution in [3.05, 3.63) is 28.2 Å². The lowest BCUT2D eigenvalue weighted by Crippen LogP contribution is -2.31. The van der Waals surface area contributed by atoms with E-state index in [9.17, 15) is 5.11 Å². The van der Waals surface area contributed by atoms with Gasteiger partial charge in [0, 0.05) is 22.7 Å². The summed E-state index contributed by atoms with van der Waals surface area (Å²) in [7, 11) is 0. The third kappa shape index (κ3) is 4.81. The largest absolute Gasteiger partial charge is 0.389 e. The Hall–Kier alpha value is -0.540. The molecular formula is C16H26BrNO. The van der Waals surface area contributed by atoms with Crippen LogP contribution in [0.3, 0.4) is 0 Å². The van der Waals surface area contributed by atoms with Crippen LogP contribution in [-0.2, 0) is 0 Å². The van der Waals surface area contributed by atoms with E-state index in [1.165, 1.54) is 24.9 Å². The van der Waals surface area contributed by atoms with E-state index in [4.69, 9.17) is 0 Å². The number of rotatable bonds is 7. The van der Waals surface area contributed by atoms with Crippen molar-refractivity contribution < 1.29 is 5.11 Å². The summed E-state index contributed by atoms with van der Waals surface area (Å²) < 4.78 is 0.987. The maximum Gasteiger partial charge on any atom is 0.0772 e. The third-order valence-corrected chi connectivity index (χ3v) is 4.08. The second kappa shape index (κ2) is 7.91. The van der Waals surface area contributed by atoms with E-state index in [1.807, 2.05) is 6.07 Å². The molecule has 0 radical (unpaired) electrons. The van der Waals surface area contributed by atoms with Crippen LogP contribution in [0.1, 0.15) is 58.6 Å². The van der Waals surface area contributed by atoms with Gasteiger partial charge in [0.15, 0.2) is 0 Å². The monoisotopic (exact) mass is 327 g/mol. The molecule has 1 rings (SSSR count). The number of aliphatic hydroxyl groups is 1. The minimum atomic E-state index is -0.434. The van der Waals surface area contributed by atoms with Crippen LogP contribution in [0, 0.1) is 0 Å². The zero-order valence-corrected chi connectivity index (χ0v) is 14.1. The Kier molecular flexibility index (Phi) is 6.87. The summed E-state index contributed by atoms with van der Waals surface area (Å²) >= 11 is 3.56. The zero-order chi connectivity index (χ0) is 14.4. The van der Waals surface area contributed by atoms with Crippen molar-refractivity contribution in [3.63, 3.8) is 0 Å². The summed E-state index contributed by atoms with van der Waals surface area (Å²) in [4.78, 5) is 2.42. The van der Waals surface area contributed by atoms with E-state index >= 15 is 0 Å². The minimum Gasteiger partial charge on any atom is -0.389 e. The minimum absolute atomic E-state index is 0.434. The van der Waals surface area contributed by atoms with Crippen molar-refractivity contribution in [3.8, 4) is 0 Å². The van der Waals surface area contributed by atoms with Gasteiger partial charge in [0.1, 0.15) is 0 Å². The highest BCUT2D eigenvalue weighted by molar-refractivity contribution is 9.10. The summed E-state index contributed by atoms with van der Waals surface area (Å²) in [6, 6.07) is 6.73. The van der Waals surface area contributed by atoms with Crippen molar-refractivity contribution in [1.29, 1.82) is 0 Å². The fourth-order valence-corrected chi connectivity index (χ4v) is 2.95. The highest BCUT2D eigenvalue weighted by Gasteiger charge is 2.13. The number of halogens is 1. The number of nitrogens with zero attached hydrogens (tertiary/aromatic N) is 1. The smallest absolute Gasteiger partial charge is 0.0772 e. The number of anilines is 1. The van der Waals surface area contributed by atoms with E-state index in [-0.39, 0.29) is 0 Å². The van der Waals surface area contributed by atoms with Crippen LogP contribution in [0.25, 0.3) is 0 Å². The van der Waals surface area contributed by atoms with Crippen LogP contribution in [0.4, 0.5) is 5.69 Å². The van der Waals surface area contributed by atoms with Gasteiger partial charge >= 0.3 is 0 Å². The van der Waals surface area contributed by atoms with Crippen molar-refractivity contribution in [2.75, 3.05) is 11.4 Å². The Morgan fingerprint density at radius 3 is 2.37 bits per heavy atom. The van der Waals surface area contributed by atoms with Gasteiger partial charge in [-0.1, -0.05) is 41.8 Å². The number of aliphatic hydroxyl groups excluding tert-OH is 1. The molecule has 0 saturated heterocycles. The summed E-state index contributed by atoms with van der Waals surface area (Å²) in [5.41, 5.74) is 2.17. The lowest BCUT2D eigenvalue weighted by atomic mass is 10.1. The SMILES string of the molecule is CCCCCN(c1ccc([C@H](C)O)c(Br)c1)C(C)C. The highest BCUT2D eigenvalue weighted by Crippen LogP contribution is 2.29. The summed E-state index contributed by atoms with van der Waals surface area (Å²) in [6.45, 7) is 9.56. The van der Waals surface area contributed by atoms with Crippen molar-refractivity contribution in [1.82, 2.24) is 0 Å². The molecule has 19 heavy (non-hydrogen) atoms. The van der Waals surface area contributed by atoms with Crippen LogP contribution in [0.2, 0.25) is 0 Å². The number of benzene rings is 1. The van der Waals surface area contributed by atoms with E-state index in [0.717, 1.165) is 16.6 Å². The molecule has 0 heterocycles. The third-order valence-electron chi connectivity index (χ3n) is 3.39. The molecule has 108 valence electrons. The van der Waals surface area contributed by atoms with Gasteiger partial charge in [-0.05, 0) is 44.9 Å². The van der Waals surface area contributed by atoms with Crippen LogP contribution in [0.5, 0.6) is 0 Å². The fourth-order valence-electron chi connectivity index (χ4n) is 2.25. The van der Waals surface area contributed by atoms with Crippen LogP contribution >= 0.6 is 15.9 Å². The van der Waals surface area contributed by atoms with Crippen LogP contribution in [0.15, 0.2) is 22.7 Å². The summed E-state index contributed by atoms with van der Waals surface area (Å²) in [6.07, 6.45) is 3.31. The first-order valence-electron chi connectivity index (χ1n) is 7.21. The lowest BCUT2D eigenvalue weighted by molar-refractivity contribution is 0.198. The van der Waals surface area contributed by atoms with Gasteiger partial charge < -0.3 is 10.0 Å². The van der Waals surface area contributed by atoms with Gasteiger partial charge in [0.25, 0.3) is 0 Å². The second-order valence-electron chi connectivity index (χ2n) is 5.38. The van der Waals surface area contributed by atoms with Gasteiger partial charge in [0.05, 0.1) is 6.10 Å². The molecule has 0 fully saturated rings. The molecule has 1 N–H and O–H groups in total. The van der Waals surface area contributed by atoms with E-state index in [1.54, 1.807) is 6.92 Å². The Labute approximate surface area is 126 Å². The van der Waals surface area contributed by atoms with Crippen LogP contribution in [-0.4, -0.2) is 17.7 Å². The Balaban J connectivity index is 2.87. The zero-order valence-electron chi connectivity index (χ0n) is 12.5. The first-order valence-corrected chi connectivity index (χ1v) is 8.00. The molecule has 0 spiro atoms. The van der Waals surface area contributed by atoms with Gasteiger partial charge in [-0.25, -0.2) is 0 Å². The summed E-state index contributed by atoms with van der Waals surface area (Å²) in [5.74, 6) is 0. The number of hydrogen-bond donors (Lipinski definition) is 1. The Morgan fingerprint density at radius 2 is 1.89 bits per heavy atom. The predicted octanol–water partition coefficient (Wildman–Crippen LogP) is 4.91. The number of unbranched alkanes of at least 4 members (excludes halogenated alkanes) is 2. The van der Waals surface area contributed by atoms with Gasteiger partial charge in [-0.3, -0.25) is 0 Å². The van der Waals surface area contributed by atoms with Crippen molar-refractivity contribution in [2.24, 2.45) is 0 Å². The maximum atomic E-state index is 9.67. The normalized spacial score (nSPS) is 12.8. The van der Waals surface area contributed by atoms with Crippen LogP contribution < -0.4 is 4.90 Å². The Morgan fingerprint density at radius 1 is 1.21 bits per heavy atom. The Bertz CT molecular complexity index is 390. The quantitative estimate of drug-likeness (QED) is 0.719. The molecule has 0 bridgehead atoms. The molecule has 2 nitrogen and oxygen atoms in total. The van der Waals surface area contributed by atoms with Crippen molar-refractivity contribution >= 4 is 21.6 Å². The van der Waals surface area contributed by atoms with Gasteiger partial charge in [0.2, 0.25) is 0 Å². The standard InChI is InChI=1S/C16H26BrNO/c1-5-6-7-10-18(12(2)3)14-8-9-15(13(4)19)16(17)11-14/h8-9,11-13,19H,5-7,10H2,1-4H3/t13-/m0/s1. The molecule has 0 aliphatic heterocycles.